The zero-order chi connectivity index (χ0) is 19.5. The average Bonchev–Trinajstić information content (AvgIpc) is 2.64. The predicted molar refractivity (Wildman–Crippen MR) is 105 cm³/mol. The maximum atomic E-state index is 12.6. The number of phenolic OH excluding ortho intramolecular Hbond substituents is 1. The van der Waals surface area contributed by atoms with Crippen LogP contribution >= 0.6 is 0 Å². The molecule has 1 aromatic carbocycles. The summed E-state index contributed by atoms with van der Waals surface area (Å²) in [7, 11) is 0. The van der Waals surface area contributed by atoms with Gasteiger partial charge in [0.15, 0.2) is 0 Å². The van der Waals surface area contributed by atoms with E-state index in [1.807, 2.05) is 0 Å². The minimum Gasteiger partial charge on any atom is -0.508 e. The summed E-state index contributed by atoms with van der Waals surface area (Å²) in [4.78, 5) is 15.0. The van der Waals surface area contributed by atoms with Crippen molar-refractivity contribution in [3.05, 3.63) is 23.8 Å². The molecule has 26 heavy (non-hydrogen) atoms. The second-order valence-electron chi connectivity index (χ2n) is 6.66. The van der Waals surface area contributed by atoms with E-state index in [-0.39, 0.29) is 11.8 Å². The van der Waals surface area contributed by atoms with Gasteiger partial charge in [0.25, 0.3) is 0 Å². The van der Waals surface area contributed by atoms with Crippen LogP contribution in [0.15, 0.2) is 18.2 Å². The molecule has 0 aliphatic rings. The normalized spacial score (nSPS) is 13.5. The van der Waals surface area contributed by atoms with Gasteiger partial charge in [0.1, 0.15) is 23.7 Å². The van der Waals surface area contributed by atoms with Crippen LogP contribution in [0.4, 0.5) is 0 Å². The van der Waals surface area contributed by atoms with Crippen LogP contribution in [0.25, 0.3) is 0 Å². The lowest BCUT2D eigenvalue weighted by Crippen LogP contribution is -2.43. The number of carbonyl (C=O) groups excluding carboxylic acids is 1. The molecule has 5 heteroatoms. The summed E-state index contributed by atoms with van der Waals surface area (Å²) in [6, 6.07) is 4.72. The standard InChI is InChI=1S/C21H35NO4/c1-6-10-13-25-20-14-17(23)11-12-18(20)21(24)26-15-19(16(5)7-2)22(8-3)9-4/h11-12,14,16,19,23H,6-10,13,15H2,1-5H3/t16?,19-/m1/s1. The first-order valence-corrected chi connectivity index (χ1v) is 9.85. The Morgan fingerprint density at radius 1 is 1.19 bits per heavy atom. The number of likely N-dealkylation sites (N-methyl/N-ethyl adjacent to an activating group) is 1. The molecule has 2 atom stereocenters. The Kier molecular flexibility index (Phi) is 10.1. The smallest absolute Gasteiger partial charge is 0.341 e. The molecule has 1 rings (SSSR count). The zero-order valence-corrected chi connectivity index (χ0v) is 17.0. The monoisotopic (exact) mass is 365 g/mol. The van der Waals surface area contributed by atoms with E-state index in [2.05, 4.69) is 39.5 Å². The van der Waals surface area contributed by atoms with E-state index in [1.165, 1.54) is 12.1 Å². The summed E-state index contributed by atoms with van der Waals surface area (Å²) in [5.74, 6) is 0.486. The molecule has 0 spiro atoms. The summed E-state index contributed by atoms with van der Waals surface area (Å²) >= 11 is 0. The number of ether oxygens (including phenoxy) is 2. The molecule has 1 aromatic rings. The largest absolute Gasteiger partial charge is 0.508 e. The van der Waals surface area contributed by atoms with E-state index < -0.39 is 5.97 Å². The maximum absolute atomic E-state index is 12.6. The van der Waals surface area contributed by atoms with Crippen LogP contribution in [-0.4, -0.2) is 48.3 Å². The molecule has 0 amide bonds. The summed E-state index contributed by atoms with van der Waals surface area (Å²) < 4.78 is 11.3. The van der Waals surface area contributed by atoms with E-state index in [1.54, 1.807) is 6.07 Å². The Bertz CT molecular complexity index is 543. The molecule has 0 saturated heterocycles. The van der Waals surface area contributed by atoms with E-state index >= 15 is 0 Å². The van der Waals surface area contributed by atoms with Gasteiger partial charge >= 0.3 is 5.97 Å². The van der Waals surface area contributed by atoms with Gasteiger partial charge in [-0.3, -0.25) is 4.90 Å². The van der Waals surface area contributed by atoms with Gasteiger partial charge in [0.05, 0.1) is 6.61 Å². The highest BCUT2D eigenvalue weighted by Crippen LogP contribution is 2.26. The second-order valence-corrected chi connectivity index (χ2v) is 6.66. The molecular formula is C21H35NO4. The highest BCUT2D eigenvalue weighted by Gasteiger charge is 2.24. The number of rotatable bonds is 12. The van der Waals surface area contributed by atoms with Crippen LogP contribution in [-0.2, 0) is 4.74 Å². The Morgan fingerprint density at radius 3 is 2.46 bits per heavy atom. The van der Waals surface area contributed by atoms with E-state index in [4.69, 9.17) is 9.47 Å². The fraction of sp³-hybridized carbons (Fsp3) is 0.667. The minimum atomic E-state index is -0.406. The summed E-state index contributed by atoms with van der Waals surface area (Å²) in [5.41, 5.74) is 0.362. The molecule has 0 radical (unpaired) electrons. The molecular weight excluding hydrogens is 330 g/mol. The van der Waals surface area contributed by atoms with Crippen molar-refractivity contribution in [3.8, 4) is 11.5 Å². The van der Waals surface area contributed by atoms with Crippen molar-refractivity contribution in [1.29, 1.82) is 0 Å². The first-order chi connectivity index (χ1) is 12.5. The third-order valence-electron chi connectivity index (χ3n) is 4.91. The number of hydrogen-bond acceptors (Lipinski definition) is 5. The molecule has 0 aliphatic heterocycles. The number of benzene rings is 1. The zero-order valence-electron chi connectivity index (χ0n) is 17.0. The molecule has 148 valence electrons. The van der Waals surface area contributed by atoms with Crippen molar-refractivity contribution in [2.75, 3.05) is 26.3 Å². The second kappa shape index (κ2) is 11.8. The summed E-state index contributed by atoms with van der Waals surface area (Å²) in [6.07, 6.45) is 2.92. The Labute approximate surface area is 158 Å². The fourth-order valence-corrected chi connectivity index (χ4v) is 2.96. The summed E-state index contributed by atoms with van der Waals surface area (Å²) in [6.45, 7) is 13.4. The number of carbonyl (C=O) groups is 1. The molecule has 1 unspecified atom stereocenters. The van der Waals surface area contributed by atoms with Gasteiger partial charge in [0.2, 0.25) is 0 Å². The third-order valence-corrected chi connectivity index (χ3v) is 4.91. The Morgan fingerprint density at radius 2 is 1.88 bits per heavy atom. The Hall–Kier alpha value is -1.75. The number of phenols is 1. The highest BCUT2D eigenvalue weighted by atomic mass is 16.5. The molecule has 0 heterocycles. The van der Waals surface area contributed by atoms with E-state index in [0.717, 1.165) is 32.4 Å². The van der Waals surface area contributed by atoms with Gasteiger partial charge in [0, 0.05) is 12.1 Å². The number of aromatic hydroxyl groups is 1. The van der Waals surface area contributed by atoms with Crippen LogP contribution in [0.2, 0.25) is 0 Å². The first kappa shape index (κ1) is 22.3. The number of unbranched alkanes of at least 4 members (excludes halogenated alkanes) is 1. The number of hydrogen-bond donors (Lipinski definition) is 1. The van der Waals surface area contributed by atoms with Crippen LogP contribution in [0, 0.1) is 5.92 Å². The lowest BCUT2D eigenvalue weighted by molar-refractivity contribution is 0.0268. The predicted octanol–water partition coefficient (Wildman–Crippen LogP) is 4.48. The quantitative estimate of drug-likeness (QED) is 0.437. The minimum absolute atomic E-state index is 0.0775. The van der Waals surface area contributed by atoms with Crippen molar-refractivity contribution in [2.45, 2.75) is 59.9 Å². The molecule has 1 N–H and O–H groups in total. The van der Waals surface area contributed by atoms with Gasteiger partial charge < -0.3 is 14.6 Å². The molecule has 0 fully saturated rings. The van der Waals surface area contributed by atoms with Crippen molar-refractivity contribution in [2.24, 2.45) is 5.92 Å². The molecule has 0 saturated carbocycles. The van der Waals surface area contributed by atoms with Crippen molar-refractivity contribution < 1.29 is 19.4 Å². The van der Waals surface area contributed by atoms with Crippen LogP contribution in [0.5, 0.6) is 11.5 Å². The van der Waals surface area contributed by atoms with Crippen molar-refractivity contribution in [1.82, 2.24) is 4.90 Å². The average molecular weight is 366 g/mol. The topological polar surface area (TPSA) is 59.0 Å². The van der Waals surface area contributed by atoms with Gasteiger partial charge in [-0.05, 0) is 37.6 Å². The Balaban J connectivity index is 2.85. The van der Waals surface area contributed by atoms with Gasteiger partial charge in [-0.25, -0.2) is 4.79 Å². The highest BCUT2D eigenvalue weighted by molar-refractivity contribution is 5.92. The fourth-order valence-electron chi connectivity index (χ4n) is 2.96. The van der Waals surface area contributed by atoms with Gasteiger partial charge in [-0.2, -0.15) is 0 Å². The van der Waals surface area contributed by atoms with Crippen LogP contribution < -0.4 is 4.74 Å². The van der Waals surface area contributed by atoms with E-state index in [0.29, 0.717) is 30.4 Å². The number of nitrogens with zero attached hydrogens (tertiary/aromatic N) is 1. The van der Waals surface area contributed by atoms with Crippen molar-refractivity contribution in [3.63, 3.8) is 0 Å². The van der Waals surface area contributed by atoms with Crippen molar-refractivity contribution >= 4 is 5.97 Å². The van der Waals surface area contributed by atoms with Crippen LogP contribution in [0.1, 0.15) is 64.2 Å². The maximum Gasteiger partial charge on any atom is 0.341 e. The SMILES string of the molecule is CCCCOc1cc(O)ccc1C(=O)OC[C@H](C(C)CC)N(CC)CC. The molecule has 0 aliphatic carbocycles. The van der Waals surface area contributed by atoms with Gasteiger partial charge in [-0.15, -0.1) is 0 Å². The summed E-state index contributed by atoms with van der Waals surface area (Å²) in [5, 5.41) is 9.70. The molecule has 5 nitrogen and oxygen atoms in total. The third kappa shape index (κ3) is 6.52. The lowest BCUT2D eigenvalue weighted by Gasteiger charge is -2.33. The van der Waals surface area contributed by atoms with Gasteiger partial charge in [-0.1, -0.05) is 47.5 Å². The number of esters is 1. The molecule has 0 bridgehead atoms. The van der Waals surface area contributed by atoms with E-state index in [9.17, 15) is 9.90 Å². The lowest BCUT2D eigenvalue weighted by atomic mass is 9.98. The first-order valence-electron chi connectivity index (χ1n) is 9.85. The van der Waals surface area contributed by atoms with Crippen LogP contribution in [0.3, 0.4) is 0 Å². The molecule has 0 aromatic heterocycles.